The van der Waals surface area contributed by atoms with Gasteiger partial charge in [-0.05, 0) is 42.3 Å². The highest BCUT2D eigenvalue weighted by molar-refractivity contribution is 5.67. The Morgan fingerprint density at radius 1 is 1.42 bits per heavy atom. The van der Waals surface area contributed by atoms with Crippen LogP contribution in [0.4, 0.5) is 5.69 Å². The van der Waals surface area contributed by atoms with E-state index in [0.717, 1.165) is 29.1 Å². The van der Waals surface area contributed by atoms with E-state index in [1.54, 1.807) is 7.11 Å². The normalized spacial score (nSPS) is 12.6. The molecule has 2 aromatic rings. The summed E-state index contributed by atoms with van der Waals surface area (Å²) in [6.07, 6.45) is 0.857. The fourth-order valence-electron chi connectivity index (χ4n) is 1.97. The average molecular weight is 261 g/mol. The summed E-state index contributed by atoms with van der Waals surface area (Å²) in [5, 5.41) is 12.0. The third kappa shape index (κ3) is 2.73. The van der Waals surface area contributed by atoms with E-state index in [-0.39, 0.29) is 6.04 Å². The van der Waals surface area contributed by atoms with Gasteiger partial charge in [0.2, 0.25) is 0 Å². The van der Waals surface area contributed by atoms with Crippen molar-refractivity contribution in [2.45, 2.75) is 26.3 Å². The molecule has 1 atom stereocenters. The fourth-order valence-corrected chi connectivity index (χ4v) is 1.97. The van der Waals surface area contributed by atoms with Gasteiger partial charge in [0.05, 0.1) is 6.04 Å². The molecule has 2 N–H and O–H groups in total. The number of rotatable bonds is 5. The van der Waals surface area contributed by atoms with Crippen molar-refractivity contribution in [2.24, 2.45) is 0 Å². The Bertz CT molecular complexity index is 552. The second kappa shape index (κ2) is 5.79. The van der Waals surface area contributed by atoms with E-state index >= 15 is 0 Å². The highest BCUT2D eigenvalue weighted by Crippen LogP contribution is 2.26. The molecule has 0 aliphatic rings. The number of ether oxygens (including phenoxy) is 1. The summed E-state index contributed by atoms with van der Waals surface area (Å²) < 4.78 is 6.92. The Labute approximate surface area is 112 Å². The van der Waals surface area contributed by atoms with Crippen molar-refractivity contribution >= 4 is 5.69 Å². The van der Waals surface area contributed by atoms with Gasteiger partial charge in [-0.1, -0.05) is 12.1 Å². The van der Waals surface area contributed by atoms with Crippen molar-refractivity contribution in [1.29, 1.82) is 0 Å². The van der Waals surface area contributed by atoms with Crippen LogP contribution < -0.4 is 5.73 Å². The first kappa shape index (κ1) is 13.5. The van der Waals surface area contributed by atoms with Crippen LogP contribution in [-0.4, -0.2) is 33.9 Å². The molecule has 102 valence electrons. The number of nitrogens with zero attached hydrogens (tertiary/aromatic N) is 4. The third-order valence-electron chi connectivity index (χ3n) is 3.27. The smallest absolute Gasteiger partial charge is 0.182 e. The van der Waals surface area contributed by atoms with Gasteiger partial charge in [0, 0.05) is 25.0 Å². The number of anilines is 1. The number of nitrogen functional groups attached to an aromatic ring is 1. The molecular formula is C13H19N5O. The molecule has 0 fully saturated rings. The summed E-state index contributed by atoms with van der Waals surface area (Å²) in [6.45, 7) is 4.72. The summed E-state index contributed by atoms with van der Waals surface area (Å²) in [6, 6.07) is 5.94. The van der Waals surface area contributed by atoms with E-state index < -0.39 is 0 Å². The molecule has 1 unspecified atom stereocenters. The van der Waals surface area contributed by atoms with Gasteiger partial charge in [0.1, 0.15) is 0 Å². The zero-order chi connectivity index (χ0) is 13.8. The molecule has 0 bridgehead atoms. The molecule has 1 aromatic carbocycles. The van der Waals surface area contributed by atoms with Crippen LogP contribution in [0.2, 0.25) is 0 Å². The van der Waals surface area contributed by atoms with Gasteiger partial charge in [0.25, 0.3) is 0 Å². The van der Waals surface area contributed by atoms with Crippen molar-refractivity contribution in [3.05, 3.63) is 23.8 Å². The molecule has 1 aromatic heterocycles. The zero-order valence-electron chi connectivity index (χ0n) is 11.5. The van der Waals surface area contributed by atoms with Crippen LogP contribution in [0.15, 0.2) is 18.2 Å². The van der Waals surface area contributed by atoms with Gasteiger partial charge in [0.15, 0.2) is 5.82 Å². The summed E-state index contributed by atoms with van der Waals surface area (Å²) in [5.41, 5.74) is 8.65. The van der Waals surface area contributed by atoms with Crippen LogP contribution in [0.3, 0.4) is 0 Å². The molecule has 0 spiro atoms. The lowest BCUT2D eigenvalue weighted by molar-refractivity contribution is 0.178. The number of methoxy groups -OCH3 is 1. The number of nitrogens with two attached hydrogens (primary N) is 1. The number of benzene rings is 1. The van der Waals surface area contributed by atoms with Crippen LogP contribution in [0.25, 0.3) is 11.4 Å². The fraction of sp³-hybridized carbons (Fsp3) is 0.462. The van der Waals surface area contributed by atoms with E-state index in [2.05, 4.69) is 22.4 Å². The van der Waals surface area contributed by atoms with Crippen molar-refractivity contribution in [2.75, 3.05) is 19.5 Å². The SMILES string of the molecule is COCCC(C)n1nnnc1-c1cccc(N)c1C. The molecule has 6 nitrogen and oxygen atoms in total. The van der Waals surface area contributed by atoms with Crippen molar-refractivity contribution in [1.82, 2.24) is 20.2 Å². The van der Waals surface area contributed by atoms with E-state index in [1.807, 2.05) is 29.8 Å². The minimum absolute atomic E-state index is 0.172. The molecule has 6 heteroatoms. The molecular weight excluding hydrogens is 242 g/mol. The van der Waals surface area contributed by atoms with Crippen molar-refractivity contribution in [3.63, 3.8) is 0 Å². The maximum atomic E-state index is 5.94. The average Bonchev–Trinajstić information content (AvgIpc) is 2.88. The third-order valence-corrected chi connectivity index (χ3v) is 3.27. The minimum atomic E-state index is 0.172. The van der Waals surface area contributed by atoms with Crippen LogP contribution in [0.5, 0.6) is 0 Å². The van der Waals surface area contributed by atoms with Gasteiger partial charge < -0.3 is 10.5 Å². The van der Waals surface area contributed by atoms with Crippen LogP contribution in [0, 0.1) is 6.92 Å². The molecule has 0 saturated heterocycles. The van der Waals surface area contributed by atoms with E-state index in [9.17, 15) is 0 Å². The predicted molar refractivity (Wildman–Crippen MR) is 73.6 cm³/mol. The van der Waals surface area contributed by atoms with Gasteiger partial charge in [-0.2, -0.15) is 0 Å². The van der Waals surface area contributed by atoms with Crippen molar-refractivity contribution in [3.8, 4) is 11.4 Å². The molecule has 0 saturated carbocycles. The number of hydrogen-bond donors (Lipinski definition) is 1. The second-order valence-electron chi connectivity index (χ2n) is 4.60. The lowest BCUT2D eigenvalue weighted by Crippen LogP contribution is -2.11. The monoisotopic (exact) mass is 261 g/mol. The topological polar surface area (TPSA) is 78.8 Å². The summed E-state index contributed by atoms with van der Waals surface area (Å²) in [4.78, 5) is 0. The molecule has 2 rings (SSSR count). The molecule has 1 heterocycles. The van der Waals surface area contributed by atoms with E-state index in [0.29, 0.717) is 6.61 Å². The maximum Gasteiger partial charge on any atom is 0.182 e. The lowest BCUT2D eigenvalue weighted by Gasteiger charge is -2.14. The first-order chi connectivity index (χ1) is 9.15. The van der Waals surface area contributed by atoms with Gasteiger partial charge in [-0.25, -0.2) is 4.68 Å². The maximum absolute atomic E-state index is 5.94. The summed E-state index contributed by atoms with van der Waals surface area (Å²) in [5.74, 6) is 0.744. The Morgan fingerprint density at radius 2 is 2.21 bits per heavy atom. The minimum Gasteiger partial charge on any atom is -0.398 e. The molecule has 0 amide bonds. The molecule has 0 aliphatic carbocycles. The first-order valence-electron chi connectivity index (χ1n) is 6.27. The highest BCUT2D eigenvalue weighted by Gasteiger charge is 2.16. The Balaban J connectivity index is 2.36. The Morgan fingerprint density at radius 3 is 2.95 bits per heavy atom. The summed E-state index contributed by atoms with van der Waals surface area (Å²) in [7, 11) is 1.69. The van der Waals surface area contributed by atoms with Crippen molar-refractivity contribution < 1.29 is 4.74 Å². The number of hydrogen-bond acceptors (Lipinski definition) is 5. The molecule has 19 heavy (non-hydrogen) atoms. The van der Waals surface area contributed by atoms with Crippen LogP contribution in [0.1, 0.15) is 24.9 Å². The largest absolute Gasteiger partial charge is 0.398 e. The molecule has 0 radical (unpaired) electrons. The first-order valence-corrected chi connectivity index (χ1v) is 6.27. The Hall–Kier alpha value is -1.95. The van der Waals surface area contributed by atoms with E-state index in [1.165, 1.54) is 0 Å². The number of aromatic nitrogens is 4. The van der Waals surface area contributed by atoms with E-state index in [4.69, 9.17) is 10.5 Å². The van der Waals surface area contributed by atoms with Crippen LogP contribution in [-0.2, 0) is 4.74 Å². The number of tetrazole rings is 1. The highest BCUT2D eigenvalue weighted by atomic mass is 16.5. The van der Waals surface area contributed by atoms with Gasteiger partial charge in [-0.3, -0.25) is 0 Å². The van der Waals surface area contributed by atoms with Crippen LogP contribution >= 0.6 is 0 Å². The predicted octanol–water partition coefficient (Wildman–Crippen LogP) is 1.83. The standard InChI is InChI=1S/C13H19N5O/c1-9(7-8-19-3)18-13(15-16-17-18)11-5-4-6-12(14)10(11)2/h4-6,9H,7-8,14H2,1-3H3. The lowest BCUT2D eigenvalue weighted by atomic mass is 10.1. The van der Waals surface area contributed by atoms with Gasteiger partial charge in [-0.15, -0.1) is 5.10 Å². The summed E-state index contributed by atoms with van der Waals surface area (Å²) >= 11 is 0. The molecule has 0 aliphatic heterocycles. The van der Waals surface area contributed by atoms with Gasteiger partial charge >= 0.3 is 0 Å². The Kier molecular flexibility index (Phi) is 4.11. The second-order valence-corrected chi connectivity index (χ2v) is 4.60. The quantitative estimate of drug-likeness (QED) is 0.831. The zero-order valence-corrected chi connectivity index (χ0v) is 11.5.